The molecule has 1 amide bonds. The number of amides is 1. The Kier molecular flexibility index (Phi) is 4.50. The van der Waals surface area contributed by atoms with Crippen LogP contribution in [0.4, 0.5) is 0 Å². The van der Waals surface area contributed by atoms with E-state index in [9.17, 15) is 4.79 Å². The number of nitrogens with one attached hydrogen (secondary N) is 1. The lowest BCUT2D eigenvalue weighted by molar-refractivity contribution is 0.0940. The van der Waals surface area contributed by atoms with Gasteiger partial charge in [-0.2, -0.15) is 0 Å². The van der Waals surface area contributed by atoms with Crippen LogP contribution in [0.5, 0.6) is 0 Å². The topological polar surface area (TPSA) is 101 Å². The standard InChI is InChI=1S/C15H16N4O2/c1-10-6-5-9-17-12(10)15(20)18-13(14(16)19-21)11-7-3-2-4-8-11/h2-9,13,21H,1H3,(H2,16,19)(H,18,20). The molecule has 2 rings (SSSR count). The Labute approximate surface area is 122 Å². The third-order valence-electron chi connectivity index (χ3n) is 3.04. The number of oxime groups is 1. The van der Waals surface area contributed by atoms with E-state index in [4.69, 9.17) is 10.9 Å². The third-order valence-corrected chi connectivity index (χ3v) is 3.04. The Morgan fingerprint density at radius 3 is 2.62 bits per heavy atom. The summed E-state index contributed by atoms with van der Waals surface area (Å²) < 4.78 is 0. The molecule has 1 aromatic heterocycles. The molecule has 0 saturated heterocycles. The van der Waals surface area contributed by atoms with Crippen LogP contribution in [0.2, 0.25) is 0 Å². The van der Waals surface area contributed by atoms with Gasteiger partial charge in [0, 0.05) is 6.20 Å². The van der Waals surface area contributed by atoms with Crippen LogP contribution in [0.1, 0.15) is 27.7 Å². The summed E-state index contributed by atoms with van der Waals surface area (Å²) in [4.78, 5) is 16.4. The minimum atomic E-state index is -0.717. The zero-order valence-corrected chi connectivity index (χ0v) is 11.5. The van der Waals surface area contributed by atoms with Gasteiger partial charge in [0.25, 0.3) is 5.91 Å². The van der Waals surface area contributed by atoms with Crippen molar-refractivity contribution in [3.8, 4) is 0 Å². The molecule has 6 heteroatoms. The Morgan fingerprint density at radius 1 is 1.29 bits per heavy atom. The maximum Gasteiger partial charge on any atom is 0.271 e. The zero-order chi connectivity index (χ0) is 15.2. The molecule has 0 aliphatic rings. The molecule has 1 heterocycles. The molecule has 2 aromatic rings. The fourth-order valence-electron chi connectivity index (χ4n) is 1.95. The number of hydrogen-bond acceptors (Lipinski definition) is 4. The number of hydrogen-bond donors (Lipinski definition) is 3. The minimum Gasteiger partial charge on any atom is -0.409 e. The summed E-state index contributed by atoms with van der Waals surface area (Å²) in [7, 11) is 0. The Morgan fingerprint density at radius 2 is 2.00 bits per heavy atom. The summed E-state index contributed by atoms with van der Waals surface area (Å²) in [6.45, 7) is 1.79. The smallest absolute Gasteiger partial charge is 0.271 e. The first-order chi connectivity index (χ1) is 10.1. The summed E-state index contributed by atoms with van der Waals surface area (Å²) in [6.07, 6.45) is 1.54. The molecule has 1 aromatic carbocycles. The first kappa shape index (κ1) is 14.5. The first-order valence-electron chi connectivity index (χ1n) is 6.38. The Bertz CT molecular complexity index is 656. The second-order valence-electron chi connectivity index (χ2n) is 4.51. The highest BCUT2D eigenvalue weighted by Crippen LogP contribution is 2.14. The molecule has 108 valence electrons. The summed E-state index contributed by atoms with van der Waals surface area (Å²) in [5, 5.41) is 14.6. The van der Waals surface area contributed by atoms with Gasteiger partial charge < -0.3 is 16.3 Å². The molecule has 0 bridgehead atoms. The van der Waals surface area contributed by atoms with Crippen molar-refractivity contribution in [1.82, 2.24) is 10.3 Å². The van der Waals surface area contributed by atoms with Crippen LogP contribution in [-0.4, -0.2) is 21.9 Å². The van der Waals surface area contributed by atoms with E-state index < -0.39 is 6.04 Å². The predicted octanol–water partition coefficient (Wildman–Crippen LogP) is 1.61. The average molecular weight is 284 g/mol. The molecule has 0 spiro atoms. The number of rotatable bonds is 4. The SMILES string of the molecule is Cc1cccnc1C(=O)NC(C(N)=NO)c1ccccc1. The van der Waals surface area contributed by atoms with E-state index in [0.717, 1.165) is 11.1 Å². The zero-order valence-electron chi connectivity index (χ0n) is 11.5. The van der Waals surface area contributed by atoms with Gasteiger partial charge in [0.15, 0.2) is 5.84 Å². The van der Waals surface area contributed by atoms with E-state index in [2.05, 4.69) is 15.5 Å². The Hall–Kier alpha value is -2.89. The lowest BCUT2D eigenvalue weighted by atomic mass is 10.1. The molecule has 0 aliphatic carbocycles. The lowest BCUT2D eigenvalue weighted by Crippen LogP contribution is -2.38. The van der Waals surface area contributed by atoms with Gasteiger partial charge in [-0.05, 0) is 24.1 Å². The molecular weight excluding hydrogens is 268 g/mol. The highest BCUT2D eigenvalue weighted by Gasteiger charge is 2.21. The summed E-state index contributed by atoms with van der Waals surface area (Å²) in [6, 6.07) is 11.9. The van der Waals surface area contributed by atoms with Crippen LogP contribution in [0.3, 0.4) is 0 Å². The van der Waals surface area contributed by atoms with Crippen LogP contribution in [-0.2, 0) is 0 Å². The van der Waals surface area contributed by atoms with Gasteiger partial charge >= 0.3 is 0 Å². The van der Waals surface area contributed by atoms with Gasteiger partial charge in [-0.1, -0.05) is 41.6 Å². The highest BCUT2D eigenvalue weighted by molar-refractivity contribution is 5.98. The van der Waals surface area contributed by atoms with E-state index >= 15 is 0 Å². The second-order valence-corrected chi connectivity index (χ2v) is 4.51. The van der Waals surface area contributed by atoms with Gasteiger partial charge in [-0.3, -0.25) is 9.78 Å². The number of nitrogens with zero attached hydrogens (tertiary/aromatic N) is 2. The van der Waals surface area contributed by atoms with Crippen LogP contribution >= 0.6 is 0 Å². The highest BCUT2D eigenvalue weighted by atomic mass is 16.4. The van der Waals surface area contributed by atoms with Gasteiger partial charge in [0.1, 0.15) is 11.7 Å². The van der Waals surface area contributed by atoms with Crippen LogP contribution < -0.4 is 11.1 Å². The molecular formula is C15H16N4O2. The molecule has 6 nitrogen and oxygen atoms in total. The van der Waals surface area contributed by atoms with E-state index in [0.29, 0.717) is 5.69 Å². The molecule has 0 fully saturated rings. The molecule has 4 N–H and O–H groups in total. The Balaban J connectivity index is 2.28. The van der Waals surface area contributed by atoms with Crippen molar-refractivity contribution in [2.24, 2.45) is 10.9 Å². The van der Waals surface area contributed by atoms with Crippen molar-refractivity contribution in [1.29, 1.82) is 0 Å². The molecule has 1 atom stereocenters. The van der Waals surface area contributed by atoms with Crippen molar-refractivity contribution in [3.05, 3.63) is 65.5 Å². The molecule has 1 unspecified atom stereocenters. The molecule has 0 radical (unpaired) electrons. The molecule has 0 saturated carbocycles. The average Bonchev–Trinajstić information content (AvgIpc) is 2.53. The van der Waals surface area contributed by atoms with Crippen LogP contribution in [0, 0.1) is 6.92 Å². The number of aromatic nitrogens is 1. The quantitative estimate of drug-likeness (QED) is 0.343. The minimum absolute atomic E-state index is 0.0943. The second kappa shape index (κ2) is 6.51. The monoisotopic (exact) mass is 284 g/mol. The fraction of sp³-hybridized carbons (Fsp3) is 0.133. The summed E-state index contributed by atoms with van der Waals surface area (Å²) in [5.74, 6) is -0.475. The summed E-state index contributed by atoms with van der Waals surface area (Å²) in [5.41, 5.74) is 7.46. The maximum absolute atomic E-state index is 12.3. The van der Waals surface area contributed by atoms with Crippen molar-refractivity contribution in [2.45, 2.75) is 13.0 Å². The normalized spacial score (nSPS) is 12.7. The first-order valence-corrected chi connectivity index (χ1v) is 6.38. The van der Waals surface area contributed by atoms with Gasteiger partial charge in [0.05, 0.1) is 0 Å². The summed E-state index contributed by atoms with van der Waals surface area (Å²) >= 11 is 0. The number of carbonyl (C=O) groups is 1. The van der Waals surface area contributed by atoms with Crippen LogP contribution in [0.25, 0.3) is 0 Å². The number of nitrogens with two attached hydrogens (primary N) is 1. The number of amidine groups is 1. The van der Waals surface area contributed by atoms with E-state index in [-0.39, 0.29) is 11.7 Å². The van der Waals surface area contributed by atoms with Crippen molar-refractivity contribution in [3.63, 3.8) is 0 Å². The van der Waals surface area contributed by atoms with Gasteiger partial charge in [-0.25, -0.2) is 0 Å². The largest absolute Gasteiger partial charge is 0.409 e. The maximum atomic E-state index is 12.3. The van der Waals surface area contributed by atoms with Crippen LogP contribution in [0.15, 0.2) is 53.8 Å². The number of pyridine rings is 1. The van der Waals surface area contributed by atoms with Crippen molar-refractivity contribution >= 4 is 11.7 Å². The third kappa shape index (κ3) is 3.36. The van der Waals surface area contributed by atoms with E-state index in [1.54, 1.807) is 37.4 Å². The van der Waals surface area contributed by atoms with Crippen molar-refractivity contribution < 1.29 is 10.0 Å². The fourth-order valence-corrected chi connectivity index (χ4v) is 1.95. The van der Waals surface area contributed by atoms with Crippen molar-refractivity contribution in [2.75, 3.05) is 0 Å². The molecule has 21 heavy (non-hydrogen) atoms. The number of aryl methyl sites for hydroxylation is 1. The predicted molar refractivity (Wildman–Crippen MR) is 79.0 cm³/mol. The molecule has 0 aliphatic heterocycles. The van der Waals surface area contributed by atoms with Gasteiger partial charge in [0.2, 0.25) is 0 Å². The number of benzene rings is 1. The van der Waals surface area contributed by atoms with Gasteiger partial charge in [-0.15, -0.1) is 0 Å². The number of carbonyl (C=O) groups excluding carboxylic acids is 1. The lowest BCUT2D eigenvalue weighted by Gasteiger charge is -2.18. The van der Waals surface area contributed by atoms with E-state index in [1.807, 2.05) is 18.2 Å². The van der Waals surface area contributed by atoms with E-state index in [1.165, 1.54) is 0 Å².